The van der Waals surface area contributed by atoms with Crippen molar-refractivity contribution in [3.63, 3.8) is 0 Å². The van der Waals surface area contributed by atoms with Crippen molar-refractivity contribution in [2.24, 2.45) is 11.8 Å². The van der Waals surface area contributed by atoms with Gasteiger partial charge in [0.25, 0.3) is 5.69 Å². The fourth-order valence-electron chi connectivity index (χ4n) is 4.72. The number of anilines is 1. The number of imide groups is 1. The highest BCUT2D eigenvalue weighted by atomic mass is 35.5. The maximum Gasteiger partial charge on any atom is 0.289 e. The summed E-state index contributed by atoms with van der Waals surface area (Å²) >= 11 is 5.84. The number of benzene rings is 2. The first kappa shape index (κ1) is 19.3. The van der Waals surface area contributed by atoms with Gasteiger partial charge in [-0.2, -0.15) is 0 Å². The molecule has 3 amide bonds. The minimum absolute atomic E-state index is 0.0552. The largest absolute Gasteiger partial charge is 0.357 e. The highest BCUT2D eigenvalue weighted by Crippen LogP contribution is 2.50. The number of nitrogens with one attached hydrogen (secondary N) is 2. The molecule has 2 saturated heterocycles. The number of halogens is 1. The predicted molar refractivity (Wildman–Crippen MR) is 111 cm³/mol. The molecule has 31 heavy (non-hydrogen) atoms. The van der Waals surface area contributed by atoms with Crippen molar-refractivity contribution in [1.29, 1.82) is 0 Å². The number of amides is 3. The Morgan fingerprint density at radius 1 is 1.13 bits per heavy atom. The first-order valence-corrected chi connectivity index (χ1v) is 9.88. The normalized spacial score (nSPS) is 25.5. The van der Waals surface area contributed by atoms with Crippen LogP contribution in [0.2, 0.25) is 5.02 Å². The smallest absolute Gasteiger partial charge is 0.289 e. The number of nitrogens with zero attached hydrogens (tertiary/aromatic N) is 2. The first-order valence-electron chi connectivity index (χ1n) is 9.51. The summed E-state index contributed by atoms with van der Waals surface area (Å²) in [4.78, 5) is 50.7. The van der Waals surface area contributed by atoms with Gasteiger partial charge in [0, 0.05) is 18.0 Å². The minimum Gasteiger partial charge on any atom is -0.357 e. The molecular formula is C21H15ClN4O5. The van der Waals surface area contributed by atoms with Crippen LogP contribution in [0.25, 0.3) is 6.08 Å². The van der Waals surface area contributed by atoms with Crippen LogP contribution < -0.4 is 10.6 Å². The lowest BCUT2D eigenvalue weighted by atomic mass is 9.84. The first-order chi connectivity index (χ1) is 14.9. The van der Waals surface area contributed by atoms with Crippen LogP contribution in [-0.4, -0.2) is 33.6 Å². The van der Waals surface area contributed by atoms with Gasteiger partial charge < -0.3 is 10.2 Å². The number of fused-ring (bicyclic) bond motifs is 5. The van der Waals surface area contributed by atoms with Gasteiger partial charge in [0.05, 0.1) is 22.8 Å². The summed E-state index contributed by atoms with van der Waals surface area (Å²) in [6.45, 7) is 0. The van der Waals surface area contributed by atoms with E-state index in [1.807, 2.05) is 30.3 Å². The molecule has 2 aromatic carbocycles. The fraction of sp³-hybridized carbons (Fsp3) is 0.190. The highest BCUT2D eigenvalue weighted by Gasteiger charge is 2.61. The van der Waals surface area contributed by atoms with Gasteiger partial charge in [-0.3, -0.25) is 29.8 Å². The summed E-state index contributed by atoms with van der Waals surface area (Å²) in [6.07, 6.45) is 3.56. The Labute approximate surface area is 180 Å². The standard InChI is InChI=1S/C21H15ClN4O5/c22-13-6-5-11(9-14(13)26(30)31)23-21(29)18-16-15(19(27)24-20(16)28)17-12-4-2-1-3-10(12)7-8-25(17)18/h1-9,15-18H,(H,23,29)(H,24,27,28)/t15-,16-,17+,18+/m0/s1. The number of nitro groups is 1. The summed E-state index contributed by atoms with van der Waals surface area (Å²) in [5, 5.41) is 16.1. The molecule has 2 fully saturated rings. The molecule has 5 rings (SSSR count). The molecular weight excluding hydrogens is 424 g/mol. The summed E-state index contributed by atoms with van der Waals surface area (Å²) in [5.41, 5.74) is 1.61. The molecule has 156 valence electrons. The van der Waals surface area contributed by atoms with Crippen LogP contribution in [0.3, 0.4) is 0 Å². The number of nitro benzene ring substituents is 1. The third-order valence-electron chi connectivity index (χ3n) is 5.98. The van der Waals surface area contributed by atoms with Crippen molar-refractivity contribution in [3.05, 3.63) is 74.9 Å². The zero-order chi connectivity index (χ0) is 21.9. The maximum absolute atomic E-state index is 13.3. The highest BCUT2D eigenvalue weighted by molar-refractivity contribution is 6.32. The van der Waals surface area contributed by atoms with E-state index in [1.165, 1.54) is 12.1 Å². The molecule has 2 aromatic rings. The van der Waals surface area contributed by atoms with Crippen LogP contribution in [0, 0.1) is 22.0 Å². The summed E-state index contributed by atoms with van der Waals surface area (Å²) in [7, 11) is 0. The van der Waals surface area contributed by atoms with E-state index in [9.17, 15) is 24.5 Å². The van der Waals surface area contributed by atoms with Gasteiger partial charge in [-0.25, -0.2) is 0 Å². The maximum atomic E-state index is 13.3. The Morgan fingerprint density at radius 3 is 2.65 bits per heavy atom. The molecule has 3 aliphatic rings. The molecule has 0 saturated carbocycles. The van der Waals surface area contributed by atoms with E-state index < -0.39 is 46.6 Å². The van der Waals surface area contributed by atoms with Crippen LogP contribution in [-0.2, 0) is 14.4 Å². The fourth-order valence-corrected chi connectivity index (χ4v) is 4.91. The number of carbonyl (C=O) groups excluding carboxylic acids is 3. The van der Waals surface area contributed by atoms with Crippen molar-refractivity contribution in [3.8, 4) is 0 Å². The van der Waals surface area contributed by atoms with E-state index in [2.05, 4.69) is 10.6 Å². The zero-order valence-electron chi connectivity index (χ0n) is 15.8. The lowest BCUT2D eigenvalue weighted by Gasteiger charge is -2.34. The molecule has 0 unspecified atom stereocenters. The second-order valence-corrected chi connectivity index (χ2v) is 8.01. The quantitative estimate of drug-likeness (QED) is 0.431. The Morgan fingerprint density at radius 2 is 1.87 bits per heavy atom. The summed E-state index contributed by atoms with van der Waals surface area (Å²) < 4.78 is 0. The number of carbonyl (C=O) groups is 3. The Bertz CT molecular complexity index is 1200. The van der Waals surface area contributed by atoms with E-state index in [-0.39, 0.29) is 16.4 Å². The van der Waals surface area contributed by atoms with E-state index in [4.69, 9.17) is 11.6 Å². The van der Waals surface area contributed by atoms with Crippen molar-refractivity contribution in [2.45, 2.75) is 12.1 Å². The lowest BCUT2D eigenvalue weighted by molar-refractivity contribution is -0.384. The molecule has 3 heterocycles. The molecule has 9 nitrogen and oxygen atoms in total. The molecule has 0 radical (unpaired) electrons. The van der Waals surface area contributed by atoms with Gasteiger partial charge in [-0.05, 0) is 29.3 Å². The predicted octanol–water partition coefficient (Wildman–Crippen LogP) is 2.49. The topological polar surface area (TPSA) is 122 Å². The average Bonchev–Trinajstić information content (AvgIpc) is 3.24. The third kappa shape index (κ3) is 2.89. The Kier molecular flexibility index (Phi) is 4.30. The monoisotopic (exact) mass is 438 g/mol. The van der Waals surface area contributed by atoms with Gasteiger partial charge in [0.15, 0.2) is 0 Å². The summed E-state index contributed by atoms with van der Waals surface area (Å²) in [6, 6.07) is 10.0. The molecule has 0 bridgehead atoms. The van der Waals surface area contributed by atoms with Crippen molar-refractivity contribution >= 4 is 46.8 Å². The molecule has 4 atom stereocenters. The second-order valence-electron chi connectivity index (χ2n) is 7.60. The SMILES string of the molecule is O=C1NC(=O)[C@H]2[C@H]1[C@H]1c3ccccc3C=CN1[C@H]2C(=O)Nc1ccc(Cl)c([N+](=O)[O-])c1. The molecule has 0 aromatic heterocycles. The van der Waals surface area contributed by atoms with Gasteiger partial charge in [0.2, 0.25) is 17.7 Å². The molecule has 10 heteroatoms. The van der Waals surface area contributed by atoms with Crippen molar-refractivity contribution < 1.29 is 19.3 Å². The van der Waals surface area contributed by atoms with Crippen LogP contribution in [0.15, 0.2) is 48.7 Å². The van der Waals surface area contributed by atoms with Gasteiger partial charge in [-0.1, -0.05) is 35.9 Å². The van der Waals surface area contributed by atoms with E-state index >= 15 is 0 Å². The molecule has 0 spiro atoms. The number of hydrogen-bond donors (Lipinski definition) is 2. The Hall–Kier alpha value is -3.72. The summed E-state index contributed by atoms with van der Waals surface area (Å²) in [5.74, 6) is -3.04. The van der Waals surface area contributed by atoms with Crippen molar-refractivity contribution in [1.82, 2.24) is 10.2 Å². The van der Waals surface area contributed by atoms with Gasteiger partial charge >= 0.3 is 0 Å². The molecule has 0 aliphatic carbocycles. The third-order valence-corrected chi connectivity index (χ3v) is 6.30. The van der Waals surface area contributed by atoms with E-state index in [0.717, 1.165) is 17.2 Å². The van der Waals surface area contributed by atoms with Gasteiger partial charge in [0.1, 0.15) is 11.1 Å². The van der Waals surface area contributed by atoms with Gasteiger partial charge in [-0.15, -0.1) is 0 Å². The number of rotatable bonds is 3. The number of hydrogen-bond acceptors (Lipinski definition) is 6. The van der Waals surface area contributed by atoms with Crippen LogP contribution in [0.1, 0.15) is 17.2 Å². The van der Waals surface area contributed by atoms with E-state index in [1.54, 1.807) is 11.1 Å². The van der Waals surface area contributed by atoms with E-state index in [0.29, 0.717) is 0 Å². The average molecular weight is 439 g/mol. The second kappa shape index (κ2) is 6.92. The lowest BCUT2D eigenvalue weighted by Crippen LogP contribution is -2.45. The van der Waals surface area contributed by atoms with Crippen LogP contribution >= 0.6 is 11.6 Å². The molecule has 2 N–H and O–H groups in total. The zero-order valence-corrected chi connectivity index (χ0v) is 16.6. The van der Waals surface area contributed by atoms with Crippen LogP contribution in [0.4, 0.5) is 11.4 Å². The molecule has 3 aliphatic heterocycles. The Balaban J connectivity index is 1.52. The van der Waals surface area contributed by atoms with Crippen molar-refractivity contribution in [2.75, 3.05) is 5.32 Å². The minimum atomic E-state index is -0.958. The van der Waals surface area contributed by atoms with Crippen LogP contribution in [0.5, 0.6) is 0 Å².